The summed E-state index contributed by atoms with van der Waals surface area (Å²) in [5.41, 5.74) is 6.51. The Morgan fingerprint density at radius 1 is 0.882 bits per heavy atom. The van der Waals surface area contributed by atoms with Gasteiger partial charge in [0.25, 0.3) is 5.91 Å². The molecule has 2 amide bonds. The van der Waals surface area contributed by atoms with Crippen LogP contribution in [0.5, 0.6) is 0 Å². The molecule has 3 aromatic carbocycles. The van der Waals surface area contributed by atoms with Crippen molar-refractivity contribution in [2.24, 2.45) is 5.92 Å². The lowest BCUT2D eigenvalue weighted by molar-refractivity contribution is -0.117. The summed E-state index contributed by atoms with van der Waals surface area (Å²) in [6.07, 6.45) is 0. The Kier molecular flexibility index (Phi) is 6.66. The molecule has 11 heteroatoms. The molecule has 5 nitrogen and oxygen atoms in total. The number of hydrogen-bond donors (Lipinski definition) is 3. The van der Waals surface area contributed by atoms with E-state index < -0.39 is 39.6 Å². The Morgan fingerprint density at radius 3 is 2.29 bits per heavy atom. The van der Waals surface area contributed by atoms with Crippen LogP contribution in [0.25, 0.3) is 0 Å². The van der Waals surface area contributed by atoms with Gasteiger partial charge in [-0.3, -0.25) is 9.59 Å². The van der Waals surface area contributed by atoms with Gasteiger partial charge in [0.15, 0.2) is 0 Å². The van der Waals surface area contributed by atoms with Crippen LogP contribution in [0, 0.1) is 17.6 Å². The standard InChI is InChI=1S/C23H15Cl4F2N3O2/c24-14-4-3-12(9-13(14)21(33)32-18-8-11(30)2-6-17(18)29)31-22(34)20-19(23(20,26)27)10-1-5-16(28)15(25)7-10/h1-9,19-20H,30H2,(H,31,34)(H,32,33)/t19-,20+/m0/s1. The zero-order chi connectivity index (χ0) is 24.8. The largest absolute Gasteiger partial charge is 0.399 e. The van der Waals surface area contributed by atoms with Gasteiger partial charge in [0.1, 0.15) is 16.0 Å². The van der Waals surface area contributed by atoms with Crippen molar-refractivity contribution in [1.29, 1.82) is 0 Å². The minimum absolute atomic E-state index is 0.0121. The highest BCUT2D eigenvalue weighted by Crippen LogP contribution is 2.65. The summed E-state index contributed by atoms with van der Waals surface area (Å²) in [7, 11) is 0. The molecule has 176 valence electrons. The van der Waals surface area contributed by atoms with Crippen molar-refractivity contribution < 1.29 is 18.4 Å². The Morgan fingerprint density at radius 2 is 1.59 bits per heavy atom. The van der Waals surface area contributed by atoms with E-state index in [1.54, 1.807) is 0 Å². The maximum atomic E-state index is 14.0. The third kappa shape index (κ3) is 4.79. The van der Waals surface area contributed by atoms with Crippen LogP contribution in [0.1, 0.15) is 21.8 Å². The van der Waals surface area contributed by atoms with E-state index >= 15 is 0 Å². The SMILES string of the molecule is Nc1ccc(F)c(NC(=O)c2cc(NC(=O)[C@H]3[C@H](c4ccc(F)c(Cl)c4)C3(Cl)Cl)ccc2Cl)c1. The Labute approximate surface area is 213 Å². The number of nitrogens with two attached hydrogens (primary N) is 1. The van der Waals surface area contributed by atoms with Crippen molar-refractivity contribution in [3.8, 4) is 0 Å². The van der Waals surface area contributed by atoms with E-state index in [-0.39, 0.29) is 32.7 Å². The van der Waals surface area contributed by atoms with E-state index in [0.29, 0.717) is 5.56 Å². The van der Waals surface area contributed by atoms with Gasteiger partial charge in [-0.05, 0) is 54.1 Å². The van der Waals surface area contributed by atoms with Crippen LogP contribution in [0.2, 0.25) is 10.0 Å². The van der Waals surface area contributed by atoms with Gasteiger partial charge in [-0.15, -0.1) is 23.2 Å². The Hall–Kier alpha value is -2.58. The van der Waals surface area contributed by atoms with Gasteiger partial charge >= 0.3 is 0 Å². The minimum atomic E-state index is -1.43. The maximum Gasteiger partial charge on any atom is 0.257 e. The fourth-order valence-corrected chi connectivity index (χ4v) is 4.82. The zero-order valence-corrected chi connectivity index (χ0v) is 20.0. The lowest BCUT2D eigenvalue weighted by Gasteiger charge is -2.11. The van der Waals surface area contributed by atoms with Crippen LogP contribution in [0.4, 0.5) is 25.8 Å². The summed E-state index contributed by atoms with van der Waals surface area (Å²) in [4.78, 5) is 25.6. The number of halogens is 6. The van der Waals surface area contributed by atoms with E-state index in [2.05, 4.69) is 10.6 Å². The maximum absolute atomic E-state index is 14.0. The van der Waals surface area contributed by atoms with E-state index in [1.807, 2.05) is 0 Å². The molecule has 0 bridgehead atoms. The first-order chi connectivity index (χ1) is 16.0. The summed E-state index contributed by atoms with van der Waals surface area (Å²) in [5, 5.41) is 5.01. The van der Waals surface area contributed by atoms with Gasteiger partial charge in [-0.25, -0.2) is 8.78 Å². The van der Waals surface area contributed by atoms with Crippen molar-refractivity contribution in [3.63, 3.8) is 0 Å². The summed E-state index contributed by atoms with van der Waals surface area (Å²) < 4.78 is 26.0. The van der Waals surface area contributed by atoms with E-state index in [4.69, 9.17) is 52.1 Å². The number of nitrogen functional groups attached to an aromatic ring is 1. The second kappa shape index (κ2) is 9.23. The molecule has 0 aromatic heterocycles. The number of alkyl halides is 2. The molecule has 2 atom stereocenters. The van der Waals surface area contributed by atoms with Gasteiger partial charge < -0.3 is 16.4 Å². The second-order valence-corrected chi connectivity index (χ2v) is 9.94. The number of hydrogen-bond acceptors (Lipinski definition) is 3. The average Bonchev–Trinajstić information content (AvgIpc) is 3.36. The molecule has 3 aromatic rings. The van der Waals surface area contributed by atoms with Gasteiger partial charge in [-0.2, -0.15) is 0 Å². The van der Waals surface area contributed by atoms with Crippen molar-refractivity contribution in [2.45, 2.75) is 10.3 Å². The van der Waals surface area contributed by atoms with E-state index in [1.165, 1.54) is 48.5 Å². The number of rotatable bonds is 5. The summed E-state index contributed by atoms with van der Waals surface area (Å²) in [5.74, 6) is -3.98. The lowest BCUT2D eigenvalue weighted by atomic mass is 10.1. The Bertz CT molecular complexity index is 1320. The zero-order valence-electron chi connectivity index (χ0n) is 17.0. The number of amides is 2. The van der Waals surface area contributed by atoms with Crippen molar-refractivity contribution in [1.82, 2.24) is 0 Å². The number of anilines is 3. The molecule has 4 N–H and O–H groups in total. The van der Waals surface area contributed by atoms with Crippen LogP contribution in [0.3, 0.4) is 0 Å². The van der Waals surface area contributed by atoms with E-state index in [0.717, 1.165) is 6.07 Å². The van der Waals surface area contributed by atoms with Crippen molar-refractivity contribution in [3.05, 3.63) is 87.4 Å². The number of benzene rings is 3. The van der Waals surface area contributed by atoms with Crippen LogP contribution in [-0.2, 0) is 4.79 Å². The predicted octanol–water partition coefficient (Wildman–Crippen LogP) is 6.63. The molecule has 1 aliphatic rings. The van der Waals surface area contributed by atoms with Gasteiger partial charge in [0.2, 0.25) is 5.91 Å². The van der Waals surface area contributed by atoms with Crippen LogP contribution in [-0.4, -0.2) is 16.1 Å². The number of carbonyl (C=O) groups excluding carboxylic acids is 2. The molecule has 1 saturated carbocycles. The monoisotopic (exact) mass is 543 g/mol. The van der Waals surface area contributed by atoms with Crippen molar-refractivity contribution >= 4 is 75.3 Å². The van der Waals surface area contributed by atoms with Gasteiger partial charge in [0, 0.05) is 17.3 Å². The highest BCUT2D eigenvalue weighted by Gasteiger charge is 2.67. The molecular formula is C23H15Cl4F2N3O2. The fourth-order valence-electron chi connectivity index (χ4n) is 3.60. The molecule has 0 aliphatic heterocycles. The predicted molar refractivity (Wildman–Crippen MR) is 131 cm³/mol. The molecular weight excluding hydrogens is 530 g/mol. The molecule has 0 unspecified atom stereocenters. The van der Waals surface area contributed by atoms with Crippen LogP contribution in [0.15, 0.2) is 54.6 Å². The lowest BCUT2D eigenvalue weighted by Crippen LogP contribution is -2.18. The quantitative estimate of drug-likeness (QED) is 0.249. The van der Waals surface area contributed by atoms with Crippen LogP contribution >= 0.6 is 46.4 Å². The smallest absolute Gasteiger partial charge is 0.257 e. The van der Waals surface area contributed by atoms with Crippen molar-refractivity contribution in [2.75, 3.05) is 16.4 Å². The van der Waals surface area contributed by atoms with Crippen LogP contribution < -0.4 is 16.4 Å². The first-order valence-corrected chi connectivity index (χ1v) is 11.3. The highest BCUT2D eigenvalue weighted by atomic mass is 35.5. The molecule has 1 fully saturated rings. The third-order valence-electron chi connectivity index (χ3n) is 5.36. The normalized spacial score (nSPS) is 18.3. The van der Waals surface area contributed by atoms with Gasteiger partial charge in [0.05, 0.1) is 27.2 Å². The van der Waals surface area contributed by atoms with E-state index in [9.17, 15) is 18.4 Å². The average molecular weight is 545 g/mol. The summed E-state index contributed by atoms with van der Waals surface area (Å²) >= 11 is 24.6. The topological polar surface area (TPSA) is 84.2 Å². The summed E-state index contributed by atoms with van der Waals surface area (Å²) in [6, 6.07) is 11.9. The molecule has 0 spiro atoms. The minimum Gasteiger partial charge on any atom is -0.399 e. The molecule has 1 aliphatic carbocycles. The molecule has 4 rings (SSSR count). The third-order valence-corrected chi connectivity index (χ3v) is 6.92. The first kappa shape index (κ1) is 24.5. The molecule has 0 radical (unpaired) electrons. The Balaban J connectivity index is 1.52. The highest BCUT2D eigenvalue weighted by molar-refractivity contribution is 6.53. The fraction of sp³-hybridized carbons (Fsp3) is 0.130. The number of carbonyl (C=O) groups is 2. The second-order valence-electron chi connectivity index (χ2n) is 7.68. The first-order valence-electron chi connectivity index (χ1n) is 9.78. The molecule has 34 heavy (non-hydrogen) atoms. The number of nitrogens with one attached hydrogen (secondary N) is 2. The van der Waals surface area contributed by atoms with Gasteiger partial charge in [-0.1, -0.05) is 29.3 Å². The summed E-state index contributed by atoms with van der Waals surface area (Å²) in [6.45, 7) is 0. The molecule has 0 heterocycles. The molecule has 0 saturated heterocycles.